The van der Waals surface area contributed by atoms with E-state index in [1.807, 2.05) is 12.4 Å². The number of carbonyl (C=O) groups is 1. The van der Waals surface area contributed by atoms with E-state index in [0.29, 0.717) is 5.92 Å². The molecule has 1 aliphatic rings. The number of nitrogens with one attached hydrogen (secondary N) is 1. The van der Waals surface area contributed by atoms with Gasteiger partial charge in [-0.25, -0.2) is 0 Å². The van der Waals surface area contributed by atoms with Crippen molar-refractivity contribution in [3.05, 3.63) is 77.6 Å². The number of hydrogen-bond acceptors (Lipinski definition) is 2. The van der Waals surface area contributed by atoms with E-state index in [4.69, 9.17) is 0 Å². The lowest BCUT2D eigenvalue weighted by atomic mass is 9.76. The van der Waals surface area contributed by atoms with Crippen molar-refractivity contribution >= 4 is 16.7 Å². The van der Waals surface area contributed by atoms with Crippen LogP contribution in [-0.2, 0) is 4.79 Å². The zero-order chi connectivity index (χ0) is 16.5. The number of benzene rings is 2. The third-order valence-electron chi connectivity index (χ3n) is 4.94. The summed E-state index contributed by atoms with van der Waals surface area (Å²) in [7, 11) is 0. The third kappa shape index (κ3) is 2.67. The summed E-state index contributed by atoms with van der Waals surface area (Å²) in [5, 5.41) is 5.49. The summed E-state index contributed by atoms with van der Waals surface area (Å²) >= 11 is 0. The lowest BCUT2D eigenvalue weighted by molar-refractivity contribution is -0.119. The largest absolute Gasteiger partial charge is 0.350 e. The van der Waals surface area contributed by atoms with E-state index < -0.39 is 0 Å². The summed E-state index contributed by atoms with van der Waals surface area (Å²) in [4.78, 5) is 15.7. The van der Waals surface area contributed by atoms with Crippen LogP contribution < -0.4 is 5.32 Å². The van der Waals surface area contributed by atoms with Crippen LogP contribution in [0.4, 0.5) is 0 Å². The second kappa shape index (κ2) is 6.08. The minimum atomic E-state index is 0.0338. The summed E-state index contributed by atoms with van der Waals surface area (Å²) < 4.78 is 0. The Kier molecular flexibility index (Phi) is 3.77. The molecular formula is C21H20N2O. The van der Waals surface area contributed by atoms with Crippen molar-refractivity contribution in [2.24, 2.45) is 0 Å². The van der Waals surface area contributed by atoms with Crippen molar-refractivity contribution in [2.45, 2.75) is 31.7 Å². The first-order valence-corrected chi connectivity index (χ1v) is 8.42. The van der Waals surface area contributed by atoms with E-state index >= 15 is 0 Å². The van der Waals surface area contributed by atoms with Gasteiger partial charge in [-0.15, -0.1) is 0 Å². The van der Waals surface area contributed by atoms with E-state index in [0.717, 1.165) is 12.8 Å². The van der Waals surface area contributed by atoms with Crippen molar-refractivity contribution in [3.63, 3.8) is 0 Å². The maximum atomic E-state index is 11.5. The molecule has 0 radical (unpaired) electrons. The van der Waals surface area contributed by atoms with Crippen LogP contribution in [0.3, 0.4) is 0 Å². The number of rotatable bonds is 2. The number of hydrogen-bond donors (Lipinski definition) is 1. The quantitative estimate of drug-likeness (QED) is 0.764. The molecule has 1 unspecified atom stereocenters. The molecule has 0 saturated carbocycles. The summed E-state index contributed by atoms with van der Waals surface area (Å²) in [6.45, 7) is 1.59. The van der Waals surface area contributed by atoms with Gasteiger partial charge in [0.25, 0.3) is 0 Å². The summed E-state index contributed by atoms with van der Waals surface area (Å²) in [5.74, 6) is 0.412. The lowest BCUT2D eigenvalue weighted by Gasteiger charge is -2.32. The summed E-state index contributed by atoms with van der Waals surface area (Å²) in [5.41, 5.74) is 3.91. The molecule has 24 heavy (non-hydrogen) atoms. The zero-order valence-electron chi connectivity index (χ0n) is 13.7. The number of carbonyl (C=O) groups excluding carboxylic acids is 1. The molecule has 3 nitrogen and oxygen atoms in total. The Bertz CT molecular complexity index is 903. The molecule has 2 aromatic carbocycles. The van der Waals surface area contributed by atoms with Gasteiger partial charge in [-0.05, 0) is 41.0 Å². The van der Waals surface area contributed by atoms with Gasteiger partial charge in [0.1, 0.15) is 0 Å². The molecule has 1 aliphatic carbocycles. The molecular weight excluding hydrogens is 296 g/mol. The predicted molar refractivity (Wildman–Crippen MR) is 95.8 cm³/mol. The Balaban J connectivity index is 1.76. The third-order valence-corrected chi connectivity index (χ3v) is 4.94. The number of pyridine rings is 1. The Morgan fingerprint density at radius 1 is 1.04 bits per heavy atom. The fourth-order valence-corrected chi connectivity index (χ4v) is 3.85. The highest BCUT2D eigenvalue weighted by molar-refractivity contribution is 5.82. The molecule has 4 rings (SSSR count). The molecule has 120 valence electrons. The molecule has 1 aromatic heterocycles. The van der Waals surface area contributed by atoms with Gasteiger partial charge in [-0.3, -0.25) is 9.78 Å². The first kappa shape index (κ1) is 14.9. The molecule has 1 N–H and O–H groups in total. The molecule has 3 heteroatoms. The van der Waals surface area contributed by atoms with E-state index in [1.54, 1.807) is 6.92 Å². The maximum Gasteiger partial charge on any atom is 0.217 e. The van der Waals surface area contributed by atoms with Crippen molar-refractivity contribution in [2.75, 3.05) is 0 Å². The van der Waals surface area contributed by atoms with Crippen molar-refractivity contribution in [1.29, 1.82) is 0 Å². The molecule has 3 aromatic rings. The summed E-state index contributed by atoms with van der Waals surface area (Å²) in [6.07, 6.45) is 5.75. The Labute approximate surface area is 141 Å². The lowest BCUT2D eigenvalue weighted by Crippen LogP contribution is -2.30. The fourth-order valence-electron chi connectivity index (χ4n) is 3.85. The maximum absolute atomic E-state index is 11.5. The van der Waals surface area contributed by atoms with Crippen LogP contribution in [0.5, 0.6) is 0 Å². The zero-order valence-corrected chi connectivity index (χ0v) is 13.7. The molecule has 2 atom stereocenters. The summed E-state index contributed by atoms with van der Waals surface area (Å²) in [6, 6.07) is 17.3. The Hall–Kier alpha value is -2.68. The van der Waals surface area contributed by atoms with Gasteiger partial charge in [0.05, 0.1) is 6.04 Å². The minimum absolute atomic E-state index is 0.0338. The second-order valence-corrected chi connectivity index (χ2v) is 6.49. The molecule has 1 amide bonds. The molecule has 0 saturated heterocycles. The Morgan fingerprint density at radius 3 is 2.71 bits per heavy atom. The highest BCUT2D eigenvalue weighted by Gasteiger charge is 2.28. The van der Waals surface area contributed by atoms with Crippen LogP contribution >= 0.6 is 0 Å². The Morgan fingerprint density at radius 2 is 1.88 bits per heavy atom. The van der Waals surface area contributed by atoms with Crippen molar-refractivity contribution < 1.29 is 4.79 Å². The highest BCUT2D eigenvalue weighted by Crippen LogP contribution is 2.41. The standard InChI is InChI=1S/C21H20N2O/c1-14(24)23-21-9-8-18(19-4-2-3-5-20(19)21)16-6-7-17-13-22-11-10-15(17)12-16/h2-7,10-13,18,21H,8-9H2,1H3,(H,23,24)/t18-,21?/m1/s1. The molecule has 0 bridgehead atoms. The molecule has 0 aliphatic heterocycles. The molecule has 0 fully saturated rings. The van der Waals surface area contributed by atoms with Crippen LogP contribution in [0.2, 0.25) is 0 Å². The smallest absolute Gasteiger partial charge is 0.217 e. The predicted octanol–water partition coefficient (Wildman–Crippen LogP) is 4.34. The van der Waals surface area contributed by atoms with Gasteiger partial charge < -0.3 is 5.32 Å². The van der Waals surface area contributed by atoms with E-state index in [-0.39, 0.29) is 11.9 Å². The number of nitrogens with zero attached hydrogens (tertiary/aromatic N) is 1. The fraction of sp³-hybridized carbons (Fsp3) is 0.238. The van der Waals surface area contributed by atoms with Gasteiger partial charge in [-0.1, -0.05) is 42.5 Å². The SMILES string of the molecule is CC(=O)NC1CC[C@H](c2ccc3cnccc3c2)c2ccccc21. The average molecular weight is 316 g/mol. The second-order valence-electron chi connectivity index (χ2n) is 6.49. The van der Waals surface area contributed by atoms with Crippen LogP contribution in [0.1, 0.15) is 48.4 Å². The number of aromatic nitrogens is 1. The van der Waals surface area contributed by atoms with Crippen LogP contribution in [-0.4, -0.2) is 10.9 Å². The van der Waals surface area contributed by atoms with Crippen LogP contribution in [0, 0.1) is 0 Å². The molecule has 0 spiro atoms. The highest BCUT2D eigenvalue weighted by atomic mass is 16.1. The topological polar surface area (TPSA) is 42.0 Å². The normalized spacial score (nSPS) is 19.7. The van der Waals surface area contributed by atoms with Crippen LogP contribution in [0.15, 0.2) is 60.9 Å². The monoisotopic (exact) mass is 316 g/mol. The van der Waals surface area contributed by atoms with Gasteiger partial charge in [-0.2, -0.15) is 0 Å². The number of fused-ring (bicyclic) bond motifs is 2. The van der Waals surface area contributed by atoms with Crippen LogP contribution in [0.25, 0.3) is 10.8 Å². The van der Waals surface area contributed by atoms with E-state index in [2.05, 4.69) is 58.8 Å². The van der Waals surface area contributed by atoms with Gasteiger partial charge in [0, 0.05) is 30.6 Å². The number of amides is 1. The van der Waals surface area contributed by atoms with Crippen molar-refractivity contribution in [3.8, 4) is 0 Å². The first-order valence-electron chi connectivity index (χ1n) is 8.42. The first-order chi connectivity index (χ1) is 11.7. The average Bonchev–Trinajstić information content (AvgIpc) is 2.61. The molecule has 1 heterocycles. The van der Waals surface area contributed by atoms with Gasteiger partial charge in [0.15, 0.2) is 0 Å². The van der Waals surface area contributed by atoms with E-state index in [9.17, 15) is 4.79 Å². The van der Waals surface area contributed by atoms with Crippen molar-refractivity contribution in [1.82, 2.24) is 10.3 Å². The van der Waals surface area contributed by atoms with Gasteiger partial charge >= 0.3 is 0 Å². The van der Waals surface area contributed by atoms with E-state index in [1.165, 1.54) is 27.5 Å². The minimum Gasteiger partial charge on any atom is -0.350 e. The van der Waals surface area contributed by atoms with Gasteiger partial charge in [0.2, 0.25) is 5.91 Å².